The number of oxime groups is 2. The molecule has 24 nitrogen and oxygen atoms in total. The van der Waals surface area contributed by atoms with Crippen LogP contribution < -0.4 is 16.0 Å². The van der Waals surface area contributed by atoms with Gasteiger partial charge in [0.05, 0.1) is 29.5 Å². The van der Waals surface area contributed by atoms with Crippen LogP contribution in [0.1, 0.15) is 366 Å². The lowest BCUT2D eigenvalue weighted by Crippen LogP contribution is -2.66. The number of nitrogens with one attached hydrogen (secondary N) is 3. The summed E-state index contributed by atoms with van der Waals surface area (Å²) < 4.78 is 6.47. The van der Waals surface area contributed by atoms with Crippen molar-refractivity contribution in [1.82, 2.24) is 45.3 Å². The number of carbonyl (C=O) groups is 5. The molecule has 1 saturated heterocycles. The molecule has 4 N–H and O–H groups in total. The number of amides is 10. The van der Waals surface area contributed by atoms with E-state index in [2.05, 4.69) is 26.3 Å². The molecule has 1 atom stereocenters. The second-order valence-corrected chi connectivity index (χ2v) is 32.7. The van der Waals surface area contributed by atoms with Gasteiger partial charge in [0.25, 0.3) is 6.02 Å². The van der Waals surface area contributed by atoms with Gasteiger partial charge in [0, 0.05) is 63.1 Å². The van der Waals surface area contributed by atoms with Gasteiger partial charge in [0.1, 0.15) is 0 Å². The number of aliphatic hydroxyl groups is 1. The van der Waals surface area contributed by atoms with Crippen LogP contribution in [-0.2, 0) is 14.4 Å². The average molecular weight is 1480 g/mol. The minimum Gasteiger partial charge on any atom is -0.442 e. The molecule has 1 heterocycles. The molecule has 0 radical (unpaired) electrons. The number of urea groups is 5. The van der Waals surface area contributed by atoms with Crippen LogP contribution in [0, 0.1) is 0 Å². The van der Waals surface area contributed by atoms with Crippen molar-refractivity contribution in [1.29, 1.82) is 0 Å². The Kier molecular flexibility index (Phi) is 36.6. The van der Waals surface area contributed by atoms with Crippen LogP contribution in [0.4, 0.5) is 24.0 Å². The molecule has 596 valence electrons. The van der Waals surface area contributed by atoms with Crippen molar-refractivity contribution in [2.75, 3.05) is 46.0 Å². The van der Waals surface area contributed by atoms with Gasteiger partial charge >= 0.3 is 42.2 Å². The fraction of sp³-hybridized carbons (Fsp3) is 0.866. The smallest absolute Gasteiger partial charge is 0.331 e. The van der Waals surface area contributed by atoms with Crippen LogP contribution in [0.3, 0.4) is 0 Å². The summed E-state index contributed by atoms with van der Waals surface area (Å²) in [6.07, 6.45) is 54.7. The highest BCUT2D eigenvalue weighted by Crippen LogP contribution is 2.32. The number of imide groups is 1. The highest BCUT2D eigenvalue weighted by Gasteiger charge is 2.43. The molecular weight excluding hydrogens is 1340 g/mol. The molecule has 0 aromatic heterocycles. The summed E-state index contributed by atoms with van der Waals surface area (Å²) in [4.78, 5) is 115. The van der Waals surface area contributed by atoms with Crippen LogP contribution in [0.25, 0.3) is 0 Å². The number of hydrogen-bond donors (Lipinski definition) is 4. The molecule has 9 aliphatic carbocycles. The lowest BCUT2D eigenvalue weighted by Gasteiger charge is -2.44. The SMILES string of the molecule is O=C1N(CCCCCCNC(=O)N(C(=NC2CCCCC2)ON=C2CCCCC2)C2CCCCC2)C(=O)N(CCCCCCNC(=O)N(C(=NC2CCCCC2)ON=C2CCCCC2)C2CCCCC2)C(O)N1CCCCCCNC(=O)N(C(=NC1CCCCC1)OCN=C1CCCCC1)C1CCCCC1. The molecule has 1 aliphatic heterocycles. The number of aliphatic imine (C=N–C) groups is 4. The number of carbonyl (C=O) groups excluding carboxylic acids is 5. The summed E-state index contributed by atoms with van der Waals surface area (Å²) in [5.74, 6) is 0. The highest BCUT2D eigenvalue weighted by atomic mass is 16.7. The van der Waals surface area contributed by atoms with Crippen molar-refractivity contribution in [2.45, 2.75) is 409 Å². The zero-order chi connectivity index (χ0) is 73.6. The Labute approximate surface area is 636 Å². The number of ether oxygens (including phenoxy) is 1. The number of nitrogens with zero attached hydrogens (tertiary/aromatic N) is 12. The van der Waals surface area contributed by atoms with Gasteiger partial charge in [0.15, 0.2) is 6.73 Å². The Hall–Kier alpha value is -6.07. The minimum atomic E-state index is -1.42. The van der Waals surface area contributed by atoms with E-state index >= 15 is 0 Å². The van der Waals surface area contributed by atoms with Crippen molar-refractivity contribution in [2.24, 2.45) is 30.3 Å². The second-order valence-electron chi connectivity index (χ2n) is 32.7. The standard InChI is InChI=1S/C82H139N15O9/c98-74(95(71-52-28-13-29-53-71)77(87-66-42-18-8-19-43-66)104-64-86-65-40-16-7-17-41-65)83-58-34-1-4-37-61-92-80(101)93(62-38-5-2-35-59-84-75(99)96(72-54-30-14-31-55-72)78(88-67-44-20-9-21-45-67)105-90-69-48-24-11-25-49-69)82(103)94(81(92)102)63-39-6-3-36-60-85-76(100)97(73-56-32-15-33-57-73)79(89-68-46-22-10-23-47-68)106-91-70-50-26-12-27-51-70/h66-68,71-73,80,101H,1-64H2,(H,83,98)(H,84,99)(H,85,100). The molecular formula is C82H139N15O9. The van der Waals surface area contributed by atoms with Gasteiger partial charge in [-0.15, -0.1) is 0 Å². The van der Waals surface area contributed by atoms with Gasteiger partial charge in [-0.3, -0.25) is 14.8 Å². The molecule has 9 saturated carbocycles. The van der Waals surface area contributed by atoms with Crippen LogP contribution in [-0.4, -0.2) is 188 Å². The Morgan fingerprint density at radius 2 is 0.651 bits per heavy atom. The predicted octanol–water partition coefficient (Wildman–Crippen LogP) is 18.3. The molecule has 0 aromatic carbocycles. The Bertz CT molecular complexity index is 2810. The average Bonchev–Trinajstić information content (AvgIpc) is 0.787. The van der Waals surface area contributed by atoms with Gasteiger partial charge < -0.3 is 35.5 Å². The number of rotatable bonds is 31. The monoisotopic (exact) mass is 1480 g/mol. The van der Waals surface area contributed by atoms with E-state index in [0.717, 1.165) is 313 Å². The first kappa shape index (κ1) is 82.4. The number of aliphatic hydroxyl groups excluding tert-OH is 1. The summed E-state index contributed by atoms with van der Waals surface area (Å²) in [7, 11) is 0. The third-order valence-corrected chi connectivity index (χ3v) is 24.3. The third-order valence-electron chi connectivity index (χ3n) is 24.3. The molecule has 0 bridgehead atoms. The van der Waals surface area contributed by atoms with Crippen LogP contribution in [0.2, 0.25) is 0 Å². The molecule has 0 spiro atoms. The topological polar surface area (TPSA) is 263 Å². The Morgan fingerprint density at radius 1 is 0.358 bits per heavy atom. The van der Waals surface area contributed by atoms with Crippen molar-refractivity contribution in [3.63, 3.8) is 0 Å². The normalized spacial score (nSPS) is 22.4. The molecule has 0 aromatic rings. The van der Waals surface area contributed by atoms with Gasteiger partial charge in [-0.05, 0) is 193 Å². The van der Waals surface area contributed by atoms with E-state index in [9.17, 15) is 29.1 Å². The maximum Gasteiger partial charge on any atom is 0.331 e. The molecule has 10 rings (SSSR count). The van der Waals surface area contributed by atoms with E-state index < -0.39 is 18.4 Å². The summed E-state index contributed by atoms with van der Waals surface area (Å²) in [5, 5.41) is 31.1. The van der Waals surface area contributed by atoms with Crippen LogP contribution in [0.5, 0.6) is 0 Å². The largest absolute Gasteiger partial charge is 0.442 e. The lowest BCUT2D eigenvalue weighted by molar-refractivity contribution is -0.0937. The number of amidine groups is 3. The van der Waals surface area contributed by atoms with Gasteiger partial charge in [-0.1, -0.05) is 184 Å². The quantitative estimate of drug-likeness (QED) is 0.0222. The maximum absolute atomic E-state index is 14.5. The zero-order valence-corrected chi connectivity index (χ0v) is 65.4. The van der Waals surface area contributed by atoms with Crippen molar-refractivity contribution < 1.29 is 43.5 Å². The van der Waals surface area contributed by atoms with E-state index in [1.54, 1.807) is 9.80 Å². The first-order valence-electron chi connectivity index (χ1n) is 43.8. The van der Waals surface area contributed by atoms with Crippen molar-refractivity contribution in [3.8, 4) is 0 Å². The van der Waals surface area contributed by atoms with Crippen molar-refractivity contribution >= 4 is 65.4 Å². The first-order valence-corrected chi connectivity index (χ1v) is 43.8. The molecule has 10 fully saturated rings. The fourth-order valence-electron chi connectivity index (χ4n) is 17.9. The summed E-state index contributed by atoms with van der Waals surface area (Å²) in [5.41, 5.74) is 3.29. The number of unbranched alkanes of at least 4 members (excludes halogenated alkanes) is 9. The van der Waals surface area contributed by atoms with Crippen LogP contribution in [0.15, 0.2) is 30.3 Å². The third kappa shape index (κ3) is 27.2. The molecule has 1 unspecified atom stereocenters. The zero-order valence-electron chi connectivity index (χ0n) is 65.4. The van der Waals surface area contributed by atoms with E-state index in [1.165, 1.54) is 58.9 Å². The van der Waals surface area contributed by atoms with Gasteiger partial charge in [-0.25, -0.2) is 58.5 Å². The van der Waals surface area contributed by atoms with E-state index in [4.69, 9.17) is 34.4 Å². The van der Waals surface area contributed by atoms with Gasteiger partial charge in [0.2, 0.25) is 6.35 Å². The van der Waals surface area contributed by atoms with E-state index in [1.807, 2.05) is 4.90 Å². The summed E-state index contributed by atoms with van der Waals surface area (Å²) in [6.45, 7) is 2.30. The fourth-order valence-corrected chi connectivity index (χ4v) is 17.9. The van der Waals surface area contributed by atoms with Crippen LogP contribution >= 0.6 is 0 Å². The lowest BCUT2D eigenvalue weighted by atomic mass is 9.94. The Morgan fingerprint density at radius 3 is 1.01 bits per heavy atom. The summed E-state index contributed by atoms with van der Waals surface area (Å²) >= 11 is 0. The predicted molar refractivity (Wildman–Crippen MR) is 421 cm³/mol. The van der Waals surface area contributed by atoms with Gasteiger partial charge in [-0.2, -0.15) is 0 Å². The first-order chi connectivity index (χ1) is 52.2. The molecule has 10 amide bonds. The minimum absolute atomic E-state index is 0.00745. The molecule has 24 heteroatoms. The Balaban J connectivity index is 0.732. The van der Waals surface area contributed by atoms with E-state index in [0.29, 0.717) is 63.4 Å². The molecule has 10 aliphatic rings. The molecule has 106 heavy (non-hydrogen) atoms. The second kappa shape index (κ2) is 47.1. The number of hydrogen-bond acceptors (Lipinski definition) is 15. The maximum atomic E-state index is 14.5. The summed E-state index contributed by atoms with van der Waals surface area (Å²) in [6, 6.07) is -0.0749. The van der Waals surface area contributed by atoms with Crippen molar-refractivity contribution in [3.05, 3.63) is 0 Å². The van der Waals surface area contributed by atoms with E-state index in [-0.39, 0.29) is 80.7 Å². The highest BCUT2D eigenvalue weighted by molar-refractivity contribution is 5.97.